The zero-order valence-electron chi connectivity index (χ0n) is 11.7. The predicted octanol–water partition coefficient (Wildman–Crippen LogP) is 4.04. The van der Waals surface area contributed by atoms with Crippen molar-refractivity contribution in [3.05, 3.63) is 51.2 Å². The van der Waals surface area contributed by atoms with Crippen LogP contribution in [-0.2, 0) is 0 Å². The summed E-state index contributed by atoms with van der Waals surface area (Å²) >= 11 is 1.42. The molecule has 5 heteroatoms. The Morgan fingerprint density at radius 3 is 2.70 bits per heavy atom. The Morgan fingerprint density at radius 1 is 1.30 bits per heavy atom. The molecule has 0 saturated heterocycles. The average molecular weight is 297 g/mol. The van der Waals surface area contributed by atoms with Gasteiger partial charge in [0.25, 0.3) is 0 Å². The number of hydrogen-bond donors (Lipinski definition) is 1. The van der Waals surface area contributed by atoms with Gasteiger partial charge in [-0.05, 0) is 36.5 Å². The van der Waals surface area contributed by atoms with Crippen LogP contribution in [0.5, 0.6) is 5.75 Å². The first kappa shape index (κ1) is 14.9. The van der Waals surface area contributed by atoms with Crippen molar-refractivity contribution in [2.45, 2.75) is 19.9 Å². The van der Waals surface area contributed by atoms with Gasteiger partial charge in [-0.2, -0.15) is 0 Å². The summed E-state index contributed by atoms with van der Waals surface area (Å²) in [6, 6.07) is 4.01. The van der Waals surface area contributed by atoms with Crippen molar-refractivity contribution in [2.75, 3.05) is 13.7 Å². The Hall–Kier alpha value is -1.46. The average Bonchev–Trinajstić information content (AvgIpc) is 2.90. The molecule has 1 unspecified atom stereocenters. The Morgan fingerprint density at radius 2 is 2.05 bits per heavy atom. The highest BCUT2D eigenvalue weighted by Crippen LogP contribution is 2.37. The smallest absolute Gasteiger partial charge is 0.134 e. The van der Waals surface area contributed by atoms with Crippen LogP contribution in [0.3, 0.4) is 0 Å². The normalized spacial score (nSPS) is 12.4. The van der Waals surface area contributed by atoms with Crippen LogP contribution < -0.4 is 10.1 Å². The van der Waals surface area contributed by atoms with Gasteiger partial charge in [0, 0.05) is 5.56 Å². The molecule has 1 heterocycles. The van der Waals surface area contributed by atoms with Gasteiger partial charge in [0.2, 0.25) is 0 Å². The van der Waals surface area contributed by atoms with Crippen molar-refractivity contribution >= 4 is 11.3 Å². The standard InChI is InChI=1S/C15H17F2NOS/c1-4-18-14(15-11(19-3)7-8-20-15)12-10(16)6-5-9(2)13(12)17/h5-8,14,18H,4H2,1-3H3. The van der Waals surface area contributed by atoms with Crippen LogP contribution in [0.15, 0.2) is 23.6 Å². The zero-order valence-corrected chi connectivity index (χ0v) is 12.5. The fraction of sp³-hybridized carbons (Fsp3) is 0.333. The van der Waals surface area contributed by atoms with Crippen LogP contribution in [0.25, 0.3) is 0 Å². The zero-order chi connectivity index (χ0) is 14.7. The first-order valence-electron chi connectivity index (χ1n) is 6.39. The van der Waals surface area contributed by atoms with E-state index < -0.39 is 17.7 Å². The van der Waals surface area contributed by atoms with Gasteiger partial charge in [0.15, 0.2) is 0 Å². The van der Waals surface area contributed by atoms with E-state index in [4.69, 9.17) is 4.74 Å². The van der Waals surface area contributed by atoms with E-state index in [2.05, 4.69) is 5.32 Å². The number of methoxy groups -OCH3 is 1. The number of aryl methyl sites for hydroxylation is 1. The molecule has 1 aromatic carbocycles. The van der Waals surface area contributed by atoms with Gasteiger partial charge in [-0.25, -0.2) is 8.78 Å². The molecule has 1 aromatic heterocycles. The summed E-state index contributed by atoms with van der Waals surface area (Å²) in [6.45, 7) is 4.13. The molecule has 0 amide bonds. The molecule has 0 bridgehead atoms. The van der Waals surface area contributed by atoms with E-state index in [-0.39, 0.29) is 5.56 Å². The lowest BCUT2D eigenvalue weighted by Gasteiger charge is -2.20. The van der Waals surface area contributed by atoms with E-state index in [1.807, 2.05) is 12.3 Å². The number of halogens is 2. The van der Waals surface area contributed by atoms with Crippen LogP contribution in [0.1, 0.15) is 29.0 Å². The first-order chi connectivity index (χ1) is 9.60. The fourth-order valence-corrected chi connectivity index (χ4v) is 3.10. The Bertz CT molecular complexity index is 598. The third-order valence-corrected chi connectivity index (χ3v) is 4.12. The van der Waals surface area contributed by atoms with E-state index in [9.17, 15) is 8.78 Å². The Balaban J connectivity index is 2.57. The van der Waals surface area contributed by atoms with Crippen LogP contribution in [-0.4, -0.2) is 13.7 Å². The van der Waals surface area contributed by atoms with Gasteiger partial charge in [0.05, 0.1) is 18.0 Å². The topological polar surface area (TPSA) is 21.3 Å². The third kappa shape index (κ3) is 2.69. The van der Waals surface area contributed by atoms with Crippen molar-refractivity contribution < 1.29 is 13.5 Å². The number of thiophene rings is 1. The molecule has 2 rings (SSSR count). The molecule has 1 N–H and O–H groups in total. The molecular weight excluding hydrogens is 280 g/mol. The molecule has 0 aliphatic heterocycles. The lowest BCUT2D eigenvalue weighted by Crippen LogP contribution is -2.24. The minimum absolute atomic E-state index is 0.0487. The maximum absolute atomic E-state index is 14.3. The molecule has 0 aliphatic carbocycles. The van der Waals surface area contributed by atoms with Crippen LogP contribution in [0, 0.1) is 18.6 Å². The van der Waals surface area contributed by atoms with E-state index in [1.165, 1.54) is 23.5 Å². The van der Waals surface area contributed by atoms with Gasteiger partial charge >= 0.3 is 0 Å². The molecular formula is C15H17F2NOS. The molecule has 0 saturated carbocycles. The molecule has 0 fully saturated rings. The second-order valence-corrected chi connectivity index (χ2v) is 5.38. The van der Waals surface area contributed by atoms with Gasteiger partial charge in [-0.1, -0.05) is 13.0 Å². The van der Waals surface area contributed by atoms with Crippen LogP contribution in [0.4, 0.5) is 8.78 Å². The van der Waals surface area contributed by atoms with E-state index in [0.717, 1.165) is 4.88 Å². The summed E-state index contributed by atoms with van der Waals surface area (Å²) in [4.78, 5) is 0.776. The highest BCUT2D eigenvalue weighted by Gasteiger charge is 2.26. The summed E-state index contributed by atoms with van der Waals surface area (Å²) in [5.74, 6) is -0.415. The maximum atomic E-state index is 14.3. The number of ether oxygens (including phenoxy) is 1. The fourth-order valence-electron chi connectivity index (χ4n) is 2.16. The molecule has 0 aliphatic rings. The lowest BCUT2D eigenvalue weighted by atomic mass is 10.0. The van der Waals surface area contributed by atoms with Crippen molar-refractivity contribution in [1.29, 1.82) is 0 Å². The quantitative estimate of drug-likeness (QED) is 0.899. The SMILES string of the molecule is CCNC(c1sccc1OC)c1c(F)ccc(C)c1F. The maximum Gasteiger partial charge on any atom is 0.134 e. The molecule has 108 valence electrons. The summed E-state index contributed by atoms with van der Waals surface area (Å²) in [5.41, 5.74) is 0.479. The van der Waals surface area contributed by atoms with Crippen molar-refractivity contribution in [1.82, 2.24) is 5.32 Å². The Kier molecular flexibility index (Phi) is 4.73. The van der Waals surface area contributed by atoms with E-state index in [1.54, 1.807) is 20.1 Å². The molecule has 0 spiro atoms. The number of benzene rings is 1. The number of hydrogen-bond acceptors (Lipinski definition) is 3. The second-order valence-electron chi connectivity index (χ2n) is 4.44. The number of nitrogens with one attached hydrogen (secondary N) is 1. The minimum Gasteiger partial charge on any atom is -0.496 e. The molecule has 2 aromatic rings. The number of rotatable bonds is 5. The lowest BCUT2D eigenvalue weighted by molar-refractivity contribution is 0.405. The summed E-state index contributed by atoms with van der Waals surface area (Å²) in [6.07, 6.45) is 0. The molecule has 0 radical (unpaired) electrons. The summed E-state index contributed by atoms with van der Waals surface area (Å²) in [5, 5.41) is 4.99. The molecule has 20 heavy (non-hydrogen) atoms. The van der Waals surface area contributed by atoms with Gasteiger partial charge in [-0.3, -0.25) is 0 Å². The van der Waals surface area contributed by atoms with E-state index >= 15 is 0 Å². The second kappa shape index (κ2) is 6.33. The van der Waals surface area contributed by atoms with Gasteiger partial charge in [0.1, 0.15) is 17.4 Å². The van der Waals surface area contributed by atoms with Gasteiger partial charge in [-0.15, -0.1) is 11.3 Å². The monoisotopic (exact) mass is 297 g/mol. The predicted molar refractivity (Wildman–Crippen MR) is 77.5 cm³/mol. The third-order valence-electron chi connectivity index (χ3n) is 3.16. The minimum atomic E-state index is -0.547. The van der Waals surface area contributed by atoms with Crippen molar-refractivity contribution in [2.24, 2.45) is 0 Å². The highest BCUT2D eigenvalue weighted by atomic mass is 32.1. The largest absolute Gasteiger partial charge is 0.496 e. The van der Waals surface area contributed by atoms with Crippen LogP contribution >= 0.6 is 11.3 Å². The molecule has 2 nitrogen and oxygen atoms in total. The van der Waals surface area contributed by atoms with Crippen molar-refractivity contribution in [3.8, 4) is 5.75 Å². The first-order valence-corrected chi connectivity index (χ1v) is 7.27. The van der Waals surface area contributed by atoms with E-state index in [0.29, 0.717) is 17.9 Å². The highest BCUT2D eigenvalue weighted by molar-refractivity contribution is 7.10. The van der Waals surface area contributed by atoms with Crippen molar-refractivity contribution in [3.63, 3.8) is 0 Å². The summed E-state index contributed by atoms with van der Waals surface area (Å²) in [7, 11) is 1.55. The Labute approximate surface area is 121 Å². The summed E-state index contributed by atoms with van der Waals surface area (Å²) < 4.78 is 33.7. The van der Waals surface area contributed by atoms with Crippen LogP contribution in [0.2, 0.25) is 0 Å². The van der Waals surface area contributed by atoms with Gasteiger partial charge < -0.3 is 10.1 Å². The molecule has 1 atom stereocenters.